The van der Waals surface area contributed by atoms with Gasteiger partial charge < -0.3 is 0 Å². The van der Waals surface area contributed by atoms with E-state index in [-0.39, 0.29) is 0 Å². The summed E-state index contributed by atoms with van der Waals surface area (Å²) in [7, 11) is 0. The Kier molecular flexibility index (Phi) is 3.83. The van der Waals surface area contributed by atoms with Crippen LogP contribution in [0.2, 0.25) is 0 Å². The molecule has 0 bridgehead atoms. The molecule has 1 atom stereocenters. The van der Waals surface area contributed by atoms with Gasteiger partial charge in [0.25, 0.3) is 0 Å². The summed E-state index contributed by atoms with van der Waals surface area (Å²) in [6, 6.07) is 8.96. The summed E-state index contributed by atoms with van der Waals surface area (Å²) in [6.07, 6.45) is 0. The minimum absolute atomic E-state index is 0.369. The number of hydrogen-bond acceptors (Lipinski definition) is 2. The molecule has 1 unspecified atom stereocenters. The summed E-state index contributed by atoms with van der Waals surface area (Å²) < 4.78 is 1.37. The fourth-order valence-electron chi connectivity index (χ4n) is 1.99. The average Bonchev–Trinajstić information content (AvgIpc) is 2.68. The van der Waals surface area contributed by atoms with Gasteiger partial charge in [-0.05, 0) is 37.8 Å². The topological polar surface area (TPSA) is 12.0 Å². The predicted molar refractivity (Wildman–Crippen MR) is 76.4 cm³/mol. The number of rotatable bonds is 3. The van der Waals surface area contributed by atoms with Gasteiger partial charge in [0.2, 0.25) is 0 Å². The molecule has 0 spiro atoms. The molecule has 1 N–H and O–H groups in total. The highest BCUT2D eigenvalue weighted by Crippen LogP contribution is 2.34. The van der Waals surface area contributed by atoms with Gasteiger partial charge in [-0.3, -0.25) is 5.32 Å². The standard InChI is InChI=1S/C15H17NS/c1-4-5-10-16-12(3)15-11(2)13-8-6-7-9-14(13)17-15/h6-9,12,16H,10H2,1-3H3. The Morgan fingerprint density at radius 3 is 2.82 bits per heavy atom. The van der Waals surface area contributed by atoms with E-state index in [1.165, 1.54) is 20.5 Å². The van der Waals surface area contributed by atoms with Crippen LogP contribution in [0.15, 0.2) is 24.3 Å². The lowest BCUT2D eigenvalue weighted by molar-refractivity contribution is 0.631. The Bertz CT molecular complexity index is 571. The quantitative estimate of drug-likeness (QED) is 0.807. The molecule has 0 amide bonds. The van der Waals surface area contributed by atoms with Crippen LogP contribution in [0.4, 0.5) is 0 Å². The molecule has 17 heavy (non-hydrogen) atoms. The normalized spacial score (nSPS) is 12.2. The van der Waals surface area contributed by atoms with E-state index in [9.17, 15) is 0 Å². The third-order valence-corrected chi connectivity index (χ3v) is 4.40. The molecule has 0 aliphatic carbocycles. The van der Waals surface area contributed by atoms with Crippen molar-refractivity contribution in [1.82, 2.24) is 5.32 Å². The second-order valence-corrected chi connectivity index (χ2v) is 5.20. The molecule has 2 heteroatoms. The molecule has 0 saturated heterocycles. The fraction of sp³-hybridized carbons (Fsp3) is 0.333. The highest BCUT2D eigenvalue weighted by molar-refractivity contribution is 7.19. The summed E-state index contributed by atoms with van der Waals surface area (Å²) in [5, 5.41) is 4.82. The van der Waals surface area contributed by atoms with Gasteiger partial charge in [0.05, 0.1) is 6.54 Å². The van der Waals surface area contributed by atoms with E-state index < -0.39 is 0 Å². The maximum absolute atomic E-state index is 3.44. The second-order valence-electron chi connectivity index (χ2n) is 4.12. The highest BCUT2D eigenvalue weighted by Gasteiger charge is 2.13. The molecule has 1 heterocycles. The molecule has 2 rings (SSSR count). The van der Waals surface area contributed by atoms with Gasteiger partial charge in [-0.25, -0.2) is 0 Å². The van der Waals surface area contributed by atoms with Crippen LogP contribution in [0.1, 0.15) is 30.3 Å². The van der Waals surface area contributed by atoms with Gasteiger partial charge in [-0.2, -0.15) is 0 Å². The molecule has 1 aromatic heterocycles. The maximum Gasteiger partial charge on any atom is 0.0581 e. The van der Waals surface area contributed by atoms with Crippen LogP contribution in [0.25, 0.3) is 10.1 Å². The van der Waals surface area contributed by atoms with Crippen LogP contribution in [0.3, 0.4) is 0 Å². The molecular formula is C15H17NS. The van der Waals surface area contributed by atoms with Crippen LogP contribution >= 0.6 is 11.3 Å². The second kappa shape index (κ2) is 5.35. The minimum Gasteiger partial charge on any atom is -0.299 e. The molecule has 0 radical (unpaired) electrons. The molecule has 1 aromatic carbocycles. The molecule has 0 aliphatic rings. The Morgan fingerprint density at radius 1 is 1.35 bits per heavy atom. The fourth-order valence-corrected chi connectivity index (χ4v) is 3.23. The van der Waals surface area contributed by atoms with Crippen LogP contribution in [-0.2, 0) is 0 Å². The van der Waals surface area contributed by atoms with Crippen molar-refractivity contribution in [2.45, 2.75) is 26.8 Å². The molecular weight excluding hydrogens is 226 g/mol. The molecule has 1 nitrogen and oxygen atoms in total. The smallest absolute Gasteiger partial charge is 0.0581 e. The zero-order valence-electron chi connectivity index (χ0n) is 10.5. The van der Waals surface area contributed by atoms with E-state index in [1.807, 2.05) is 18.3 Å². The predicted octanol–water partition coefficient (Wildman–Crippen LogP) is 3.88. The Labute approximate surface area is 107 Å². The van der Waals surface area contributed by atoms with E-state index >= 15 is 0 Å². The Balaban J connectivity index is 2.27. The Hall–Kier alpha value is -1.30. The zero-order valence-corrected chi connectivity index (χ0v) is 11.3. The van der Waals surface area contributed by atoms with Crippen molar-refractivity contribution in [3.05, 3.63) is 34.7 Å². The van der Waals surface area contributed by atoms with E-state index in [0.717, 1.165) is 6.54 Å². The monoisotopic (exact) mass is 243 g/mol. The number of nitrogens with one attached hydrogen (secondary N) is 1. The van der Waals surface area contributed by atoms with Crippen molar-refractivity contribution >= 4 is 21.4 Å². The van der Waals surface area contributed by atoms with Gasteiger partial charge in [0.15, 0.2) is 0 Å². The van der Waals surface area contributed by atoms with Crippen LogP contribution in [0.5, 0.6) is 0 Å². The maximum atomic E-state index is 3.44. The summed E-state index contributed by atoms with van der Waals surface area (Å²) >= 11 is 1.88. The van der Waals surface area contributed by atoms with Gasteiger partial charge in [0.1, 0.15) is 0 Å². The van der Waals surface area contributed by atoms with E-state index in [2.05, 4.69) is 55.3 Å². The lowest BCUT2D eigenvalue weighted by atomic mass is 10.1. The van der Waals surface area contributed by atoms with Gasteiger partial charge >= 0.3 is 0 Å². The molecule has 0 saturated carbocycles. The lowest BCUT2D eigenvalue weighted by Gasteiger charge is -2.10. The number of thiophene rings is 1. The number of benzene rings is 1. The van der Waals surface area contributed by atoms with E-state index in [1.54, 1.807) is 0 Å². The van der Waals surface area contributed by atoms with Crippen molar-refractivity contribution < 1.29 is 0 Å². The van der Waals surface area contributed by atoms with Crippen molar-refractivity contribution in [2.24, 2.45) is 0 Å². The summed E-state index contributed by atoms with van der Waals surface area (Å²) in [5.74, 6) is 5.95. The van der Waals surface area contributed by atoms with Crippen LogP contribution in [-0.4, -0.2) is 6.54 Å². The highest BCUT2D eigenvalue weighted by atomic mass is 32.1. The van der Waals surface area contributed by atoms with Crippen molar-refractivity contribution in [2.75, 3.05) is 6.54 Å². The van der Waals surface area contributed by atoms with E-state index in [0.29, 0.717) is 6.04 Å². The molecule has 2 aromatic rings. The first kappa shape index (κ1) is 12.2. The first-order chi connectivity index (χ1) is 8.24. The Morgan fingerprint density at radius 2 is 2.12 bits per heavy atom. The number of fused-ring (bicyclic) bond motifs is 1. The number of aryl methyl sites for hydroxylation is 1. The summed E-state index contributed by atoms with van der Waals surface area (Å²) in [5.41, 5.74) is 1.40. The van der Waals surface area contributed by atoms with E-state index in [4.69, 9.17) is 0 Å². The van der Waals surface area contributed by atoms with Crippen LogP contribution in [0, 0.1) is 18.8 Å². The van der Waals surface area contributed by atoms with Crippen molar-refractivity contribution in [1.29, 1.82) is 0 Å². The van der Waals surface area contributed by atoms with Gasteiger partial charge in [-0.1, -0.05) is 24.1 Å². The first-order valence-electron chi connectivity index (χ1n) is 5.85. The summed E-state index contributed by atoms with van der Waals surface area (Å²) in [4.78, 5) is 1.42. The van der Waals surface area contributed by atoms with Gasteiger partial charge in [0, 0.05) is 15.6 Å². The average molecular weight is 243 g/mol. The number of hydrogen-bond donors (Lipinski definition) is 1. The third kappa shape index (κ3) is 2.52. The molecule has 88 valence electrons. The lowest BCUT2D eigenvalue weighted by Crippen LogP contribution is -2.18. The molecule has 0 fully saturated rings. The van der Waals surface area contributed by atoms with Crippen molar-refractivity contribution in [3.8, 4) is 11.8 Å². The third-order valence-electron chi connectivity index (χ3n) is 2.95. The first-order valence-corrected chi connectivity index (χ1v) is 6.66. The molecule has 0 aliphatic heterocycles. The van der Waals surface area contributed by atoms with Crippen molar-refractivity contribution in [3.63, 3.8) is 0 Å². The summed E-state index contributed by atoms with van der Waals surface area (Å²) in [6.45, 7) is 7.04. The van der Waals surface area contributed by atoms with Crippen LogP contribution < -0.4 is 5.32 Å². The minimum atomic E-state index is 0.369. The zero-order chi connectivity index (χ0) is 12.3. The SMILES string of the molecule is CC#CCNC(C)c1sc2ccccc2c1C. The largest absolute Gasteiger partial charge is 0.299 e. The van der Waals surface area contributed by atoms with Gasteiger partial charge in [-0.15, -0.1) is 17.3 Å².